The van der Waals surface area contributed by atoms with Crippen LogP contribution in [0.1, 0.15) is 115 Å². The van der Waals surface area contributed by atoms with Gasteiger partial charge in [0.25, 0.3) is 0 Å². The van der Waals surface area contributed by atoms with Crippen LogP contribution < -0.4 is 9.46 Å². The number of hydrogen-bond acceptors (Lipinski definition) is 9. The van der Waals surface area contributed by atoms with Gasteiger partial charge < -0.3 is 14.4 Å². The predicted octanol–water partition coefficient (Wildman–Crippen LogP) is 7.02. The number of benzene rings is 1. The normalized spacial score (nSPS) is 31.8. The molecule has 13 heteroatoms. The highest BCUT2D eigenvalue weighted by Gasteiger charge is 2.61. The fraction of sp³-hybridized carbons (Fsp3) is 0.651. The van der Waals surface area contributed by atoms with Gasteiger partial charge in [-0.2, -0.15) is 0 Å². The second kappa shape index (κ2) is 16.0. The Bertz CT molecular complexity index is 2000. The molecule has 11 nitrogen and oxygen atoms in total. The molecule has 2 aromatic rings. The number of ether oxygens (including phenoxy) is 2. The van der Waals surface area contributed by atoms with Crippen LogP contribution in [-0.4, -0.2) is 71.9 Å². The van der Waals surface area contributed by atoms with Gasteiger partial charge in [0.2, 0.25) is 21.8 Å². The van der Waals surface area contributed by atoms with E-state index in [0.29, 0.717) is 42.4 Å². The van der Waals surface area contributed by atoms with E-state index < -0.39 is 44.7 Å². The molecule has 1 aromatic carbocycles. The number of fused-ring (bicyclic) bond motifs is 5. The molecule has 2 aliphatic heterocycles. The van der Waals surface area contributed by atoms with Gasteiger partial charge >= 0.3 is 5.97 Å². The van der Waals surface area contributed by atoms with E-state index in [1.165, 1.54) is 0 Å². The minimum absolute atomic E-state index is 0.0184. The van der Waals surface area contributed by atoms with Crippen molar-refractivity contribution >= 4 is 56.1 Å². The van der Waals surface area contributed by atoms with Crippen LogP contribution >= 0.6 is 11.6 Å². The van der Waals surface area contributed by atoms with E-state index in [1.807, 2.05) is 24.3 Å². The summed E-state index contributed by atoms with van der Waals surface area (Å²) in [6, 6.07) is 6.57. The lowest BCUT2D eigenvalue weighted by molar-refractivity contribution is -0.156. The fourth-order valence-corrected chi connectivity index (χ4v) is 11.7. The number of pyridine rings is 1. The van der Waals surface area contributed by atoms with Crippen molar-refractivity contribution in [2.45, 2.75) is 139 Å². The number of aromatic nitrogens is 1. The lowest BCUT2D eigenvalue weighted by atomic mass is 9.86. The molecular formula is C43H54ClN3O8S. The van der Waals surface area contributed by atoms with E-state index in [-0.39, 0.29) is 61.4 Å². The van der Waals surface area contributed by atoms with E-state index in [4.69, 9.17) is 26.1 Å². The fourth-order valence-electron chi connectivity index (χ4n) is 10.2. The third-order valence-corrected chi connectivity index (χ3v) is 15.7. The SMILES string of the molecule is C=C[C@@H]1C[C@]1(CC(=O)[C@@H]1C[C@@H]2CN1C(=O)[C@H](C1CCCC1)CC(=O)O[C@@H]1CCC[C@H]1CCCCCc1nc3ccc(Cl)cc3cc1O2)C(=O)NS(=O)(=O)C1CC1. The first-order valence-electron chi connectivity index (χ1n) is 20.9. The molecule has 1 aromatic heterocycles. The Morgan fingerprint density at radius 2 is 1.71 bits per heavy atom. The number of nitrogens with zero attached hydrogens (tertiary/aromatic N) is 2. The molecule has 5 fully saturated rings. The molecule has 6 aliphatic rings. The van der Waals surface area contributed by atoms with E-state index >= 15 is 0 Å². The van der Waals surface area contributed by atoms with Crippen molar-refractivity contribution in [3.05, 3.63) is 47.6 Å². The molecule has 2 amide bonds. The summed E-state index contributed by atoms with van der Waals surface area (Å²) in [7, 11) is -3.84. The lowest BCUT2D eigenvalue weighted by Gasteiger charge is -2.31. The minimum atomic E-state index is -3.84. The number of nitrogens with one attached hydrogen (secondary N) is 1. The van der Waals surface area contributed by atoms with Crippen LogP contribution in [0.15, 0.2) is 36.9 Å². The van der Waals surface area contributed by atoms with Crippen LogP contribution in [0.3, 0.4) is 0 Å². The van der Waals surface area contributed by atoms with Crippen LogP contribution in [0, 0.1) is 29.1 Å². The predicted molar refractivity (Wildman–Crippen MR) is 211 cm³/mol. The maximum Gasteiger partial charge on any atom is 0.306 e. The Morgan fingerprint density at radius 3 is 2.46 bits per heavy atom. The molecule has 1 N–H and O–H groups in total. The molecule has 0 radical (unpaired) electrons. The van der Waals surface area contributed by atoms with E-state index in [2.05, 4.69) is 11.3 Å². The average molecular weight is 808 g/mol. The Morgan fingerprint density at radius 1 is 0.964 bits per heavy atom. The van der Waals surface area contributed by atoms with Crippen molar-refractivity contribution in [1.82, 2.24) is 14.6 Å². The van der Waals surface area contributed by atoms with E-state index in [9.17, 15) is 27.6 Å². The first-order chi connectivity index (χ1) is 26.9. The molecule has 4 aliphatic carbocycles. The standard InChI is InChI=1S/C43H54ClN3O8S/c1-2-29-23-43(29,42(51)46-56(52,53)32-16-17-32)24-37(48)36-21-31-25-47(36)41(50)33(26-9-6-7-10-26)22-40(49)55-38-14-8-12-27(38)11-4-3-5-13-35-39(54-31)20-28-19-30(44)15-18-34(28)45-35/h2,15,18-20,26-27,29,31-33,36,38H,1,3-14,16-17,21-25H2,(H,46,51)/t27-,29-,31-,33+,36+,38-,43-/m1/s1. The molecule has 302 valence electrons. The van der Waals surface area contributed by atoms with Gasteiger partial charge in [-0.25, -0.2) is 13.4 Å². The number of halogens is 1. The Kier molecular flexibility index (Phi) is 11.3. The summed E-state index contributed by atoms with van der Waals surface area (Å²) in [5.41, 5.74) is 0.352. The summed E-state index contributed by atoms with van der Waals surface area (Å²) >= 11 is 6.39. The highest BCUT2D eigenvalue weighted by atomic mass is 35.5. The highest BCUT2D eigenvalue weighted by Crippen LogP contribution is 2.57. The lowest BCUT2D eigenvalue weighted by Crippen LogP contribution is -2.47. The topological polar surface area (TPSA) is 149 Å². The molecule has 0 unspecified atom stereocenters. The van der Waals surface area contributed by atoms with Gasteiger partial charge in [0.1, 0.15) is 18.0 Å². The van der Waals surface area contributed by atoms with Crippen molar-refractivity contribution < 1.29 is 37.1 Å². The number of Topliss-reactive ketones (excluding diaryl/α,β-unsaturated/α-hetero) is 1. The smallest absolute Gasteiger partial charge is 0.306 e. The average Bonchev–Trinajstić information content (AvgIpc) is 3.96. The summed E-state index contributed by atoms with van der Waals surface area (Å²) in [4.78, 5) is 63.6. The number of esters is 1. The van der Waals surface area contributed by atoms with E-state index in [0.717, 1.165) is 87.2 Å². The van der Waals surface area contributed by atoms with Gasteiger partial charge in [-0.3, -0.25) is 23.9 Å². The van der Waals surface area contributed by atoms with Gasteiger partial charge in [-0.15, -0.1) is 6.58 Å². The maximum absolute atomic E-state index is 14.9. The largest absolute Gasteiger partial charge is 0.487 e. The Labute approximate surface area is 334 Å². The van der Waals surface area contributed by atoms with Gasteiger partial charge in [0.15, 0.2) is 5.78 Å². The number of ketones is 1. The zero-order chi connectivity index (χ0) is 39.2. The number of aryl methyl sites for hydroxylation is 1. The molecular weight excluding hydrogens is 754 g/mol. The molecule has 2 bridgehead atoms. The summed E-state index contributed by atoms with van der Waals surface area (Å²) in [5.74, 6) is -1.80. The second-order valence-electron chi connectivity index (χ2n) is 17.4. The Balaban J connectivity index is 1.12. The number of carbonyl (C=O) groups excluding carboxylic acids is 4. The number of rotatable bonds is 8. The number of carbonyl (C=O) groups is 4. The van der Waals surface area contributed by atoms with E-state index in [1.54, 1.807) is 11.0 Å². The van der Waals surface area contributed by atoms with Gasteiger partial charge in [-0.1, -0.05) is 43.4 Å². The summed E-state index contributed by atoms with van der Waals surface area (Å²) in [6.45, 7) is 3.98. The minimum Gasteiger partial charge on any atom is -0.487 e. The third-order valence-electron chi connectivity index (χ3n) is 13.6. The summed E-state index contributed by atoms with van der Waals surface area (Å²) in [5, 5.41) is 0.802. The quantitative estimate of drug-likeness (QED) is 0.219. The maximum atomic E-state index is 14.9. The van der Waals surface area contributed by atoms with Crippen LogP contribution in [0.4, 0.5) is 0 Å². The zero-order valence-electron chi connectivity index (χ0n) is 32.1. The molecule has 3 heterocycles. The van der Waals surface area contributed by atoms with Crippen molar-refractivity contribution in [1.29, 1.82) is 0 Å². The van der Waals surface area contributed by atoms with Crippen LogP contribution in [-0.2, 0) is 40.4 Å². The van der Waals surface area contributed by atoms with Crippen LogP contribution in [0.2, 0.25) is 5.02 Å². The highest BCUT2D eigenvalue weighted by molar-refractivity contribution is 7.90. The van der Waals surface area contributed by atoms with Gasteiger partial charge in [0, 0.05) is 23.3 Å². The first-order valence-corrected chi connectivity index (χ1v) is 22.8. The Hall–Kier alpha value is -3.51. The number of sulfonamides is 1. The number of allylic oxidation sites excluding steroid dienone is 1. The number of hydrogen-bond donors (Lipinski definition) is 1. The van der Waals surface area contributed by atoms with Crippen molar-refractivity contribution in [3.8, 4) is 5.75 Å². The van der Waals surface area contributed by atoms with Gasteiger partial charge in [-0.05, 0) is 113 Å². The van der Waals surface area contributed by atoms with Crippen molar-refractivity contribution in [2.75, 3.05) is 6.54 Å². The molecule has 0 spiro atoms. The number of amides is 2. The van der Waals surface area contributed by atoms with Crippen LogP contribution in [0.5, 0.6) is 5.75 Å². The van der Waals surface area contributed by atoms with Gasteiger partial charge in [0.05, 0.1) is 46.8 Å². The summed E-state index contributed by atoms with van der Waals surface area (Å²) in [6.07, 6.45) is 13.1. The first kappa shape index (κ1) is 39.3. The monoisotopic (exact) mass is 807 g/mol. The molecule has 8 rings (SSSR count). The third kappa shape index (κ3) is 8.24. The molecule has 4 saturated carbocycles. The van der Waals surface area contributed by atoms with Crippen molar-refractivity contribution in [2.24, 2.45) is 29.1 Å². The van der Waals surface area contributed by atoms with Crippen LogP contribution in [0.25, 0.3) is 10.9 Å². The second-order valence-corrected chi connectivity index (χ2v) is 19.8. The molecule has 56 heavy (non-hydrogen) atoms. The summed E-state index contributed by atoms with van der Waals surface area (Å²) < 4.78 is 40.9. The van der Waals surface area contributed by atoms with Crippen molar-refractivity contribution in [3.63, 3.8) is 0 Å². The molecule has 1 saturated heterocycles. The zero-order valence-corrected chi connectivity index (χ0v) is 33.7. The molecule has 7 atom stereocenters.